The normalized spacial score (nSPS) is 17.1. The first kappa shape index (κ1) is 10.5. The van der Waals surface area contributed by atoms with Crippen LogP contribution in [0.15, 0.2) is 28.7 Å². The first-order valence-electron chi connectivity index (χ1n) is 4.97. The number of anilines is 1. The molecular formula is C11H13BrN2O. The summed E-state index contributed by atoms with van der Waals surface area (Å²) in [6, 6.07) is 7.89. The van der Waals surface area contributed by atoms with Gasteiger partial charge in [-0.1, -0.05) is 12.1 Å². The van der Waals surface area contributed by atoms with Crippen molar-refractivity contribution in [1.82, 2.24) is 4.90 Å². The maximum Gasteiger partial charge on any atom is 0.324 e. The fourth-order valence-electron chi connectivity index (χ4n) is 1.76. The molecule has 0 unspecified atom stereocenters. The summed E-state index contributed by atoms with van der Waals surface area (Å²) in [5, 5.41) is 0. The summed E-state index contributed by atoms with van der Waals surface area (Å²) in [5.41, 5.74) is 0.953. The minimum atomic E-state index is 0.0770. The first-order valence-corrected chi connectivity index (χ1v) is 5.76. The number of hydrogen-bond donors (Lipinski definition) is 0. The minimum absolute atomic E-state index is 0.0770. The number of nitrogens with zero attached hydrogens (tertiary/aromatic N) is 2. The van der Waals surface area contributed by atoms with Crippen LogP contribution >= 0.6 is 15.9 Å². The van der Waals surface area contributed by atoms with Gasteiger partial charge in [0, 0.05) is 24.6 Å². The summed E-state index contributed by atoms with van der Waals surface area (Å²) in [6.07, 6.45) is 1.02. The smallest absolute Gasteiger partial charge is 0.324 e. The molecule has 0 atom stereocenters. The van der Waals surface area contributed by atoms with Crippen molar-refractivity contribution in [3.8, 4) is 0 Å². The molecule has 0 aromatic heterocycles. The van der Waals surface area contributed by atoms with Gasteiger partial charge in [-0.2, -0.15) is 0 Å². The van der Waals surface area contributed by atoms with Crippen LogP contribution in [0, 0.1) is 0 Å². The first-order chi connectivity index (χ1) is 7.20. The van der Waals surface area contributed by atoms with Gasteiger partial charge in [0.2, 0.25) is 0 Å². The van der Waals surface area contributed by atoms with Crippen LogP contribution in [-0.2, 0) is 0 Å². The maximum atomic E-state index is 11.9. The van der Waals surface area contributed by atoms with E-state index in [0.29, 0.717) is 0 Å². The third-order valence-electron chi connectivity index (χ3n) is 2.58. The number of amides is 2. The lowest BCUT2D eigenvalue weighted by atomic mass is 10.2. The molecule has 1 aromatic rings. The highest BCUT2D eigenvalue weighted by Crippen LogP contribution is 2.27. The van der Waals surface area contributed by atoms with E-state index in [1.807, 2.05) is 36.2 Å². The Hall–Kier alpha value is -1.03. The molecule has 4 heteroatoms. The molecule has 1 aliphatic rings. The fraction of sp³-hybridized carbons (Fsp3) is 0.364. The predicted octanol–water partition coefficient (Wildman–Crippen LogP) is 2.71. The van der Waals surface area contributed by atoms with Crippen molar-refractivity contribution in [3.63, 3.8) is 0 Å². The number of carbonyl (C=O) groups excluding carboxylic acids is 1. The molecule has 2 amide bonds. The minimum Gasteiger partial charge on any atom is -0.327 e. The quantitative estimate of drug-likeness (QED) is 0.769. The van der Waals surface area contributed by atoms with Gasteiger partial charge in [-0.05, 0) is 34.5 Å². The summed E-state index contributed by atoms with van der Waals surface area (Å²) >= 11 is 3.47. The summed E-state index contributed by atoms with van der Waals surface area (Å²) in [4.78, 5) is 15.5. The van der Waals surface area contributed by atoms with E-state index in [4.69, 9.17) is 0 Å². The lowest BCUT2D eigenvalue weighted by Gasteiger charge is -2.33. The van der Waals surface area contributed by atoms with E-state index in [1.165, 1.54) is 0 Å². The second-order valence-electron chi connectivity index (χ2n) is 3.66. The van der Waals surface area contributed by atoms with Gasteiger partial charge in [-0.3, -0.25) is 4.90 Å². The van der Waals surface area contributed by atoms with Crippen molar-refractivity contribution in [3.05, 3.63) is 28.7 Å². The van der Waals surface area contributed by atoms with E-state index in [9.17, 15) is 4.79 Å². The second-order valence-corrected chi connectivity index (χ2v) is 4.52. The Morgan fingerprint density at radius 3 is 2.73 bits per heavy atom. The van der Waals surface area contributed by atoms with Crippen LogP contribution in [0.2, 0.25) is 0 Å². The number of carbonyl (C=O) groups is 1. The van der Waals surface area contributed by atoms with E-state index < -0.39 is 0 Å². The number of para-hydroxylation sites is 1. The Morgan fingerprint density at radius 2 is 2.00 bits per heavy atom. The standard InChI is InChI=1S/C11H13BrN2O/c1-13-7-4-8-14(11(13)15)10-6-3-2-5-9(10)12/h2-3,5-6H,4,7-8H2,1H3. The van der Waals surface area contributed by atoms with E-state index in [2.05, 4.69) is 15.9 Å². The number of hydrogen-bond acceptors (Lipinski definition) is 1. The van der Waals surface area contributed by atoms with E-state index >= 15 is 0 Å². The summed E-state index contributed by atoms with van der Waals surface area (Å²) in [6.45, 7) is 1.64. The van der Waals surface area contributed by atoms with Crippen molar-refractivity contribution >= 4 is 27.6 Å². The Balaban J connectivity index is 2.30. The lowest BCUT2D eigenvalue weighted by molar-refractivity contribution is 0.207. The molecular weight excluding hydrogens is 256 g/mol. The fourth-order valence-corrected chi connectivity index (χ4v) is 2.26. The highest BCUT2D eigenvalue weighted by atomic mass is 79.9. The van der Waals surface area contributed by atoms with Crippen molar-refractivity contribution in [1.29, 1.82) is 0 Å². The largest absolute Gasteiger partial charge is 0.327 e. The third-order valence-corrected chi connectivity index (χ3v) is 3.25. The Bertz CT molecular complexity index is 381. The van der Waals surface area contributed by atoms with Crippen LogP contribution in [0.5, 0.6) is 0 Å². The molecule has 0 spiro atoms. The highest BCUT2D eigenvalue weighted by molar-refractivity contribution is 9.10. The SMILES string of the molecule is CN1CCCN(c2ccccc2Br)C1=O. The molecule has 1 heterocycles. The number of urea groups is 1. The van der Waals surface area contributed by atoms with Crippen LogP contribution in [0.3, 0.4) is 0 Å². The molecule has 1 aromatic carbocycles. The summed E-state index contributed by atoms with van der Waals surface area (Å²) in [5.74, 6) is 0. The van der Waals surface area contributed by atoms with Crippen LogP contribution in [0.25, 0.3) is 0 Å². The summed E-state index contributed by atoms with van der Waals surface area (Å²) in [7, 11) is 1.84. The molecule has 3 nitrogen and oxygen atoms in total. The van der Waals surface area contributed by atoms with Crippen molar-refractivity contribution in [2.75, 3.05) is 25.0 Å². The van der Waals surface area contributed by atoms with Crippen LogP contribution < -0.4 is 4.90 Å². The van der Waals surface area contributed by atoms with Gasteiger partial charge >= 0.3 is 6.03 Å². The molecule has 1 saturated heterocycles. The molecule has 2 rings (SSSR count). The molecule has 0 saturated carbocycles. The monoisotopic (exact) mass is 268 g/mol. The molecule has 0 bridgehead atoms. The number of benzene rings is 1. The van der Waals surface area contributed by atoms with Crippen LogP contribution in [-0.4, -0.2) is 31.1 Å². The van der Waals surface area contributed by atoms with Gasteiger partial charge in [0.1, 0.15) is 0 Å². The van der Waals surface area contributed by atoms with E-state index in [0.717, 1.165) is 29.7 Å². The summed E-state index contributed by atoms with van der Waals surface area (Å²) < 4.78 is 0.966. The Morgan fingerprint density at radius 1 is 1.27 bits per heavy atom. The van der Waals surface area contributed by atoms with E-state index in [-0.39, 0.29) is 6.03 Å². The molecule has 0 N–H and O–H groups in total. The second kappa shape index (κ2) is 4.23. The lowest BCUT2D eigenvalue weighted by Crippen LogP contribution is -2.47. The van der Waals surface area contributed by atoms with Gasteiger partial charge in [0.25, 0.3) is 0 Å². The van der Waals surface area contributed by atoms with Gasteiger partial charge < -0.3 is 4.90 Å². The Labute approximate surface area is 97.8 Å². The van der Waals surface area contributed by atoms with E-state index in [1.54, 1.807) is 4.90 Å². The number of rotatable bonds is 1. The van der Waals surface area contributed by atoms with Crippen molar-refractivity contribution in [2.24, 2.45) is 0 Å². The Kier molecular flexibility index (Phi) is 2.95. The molecule has 0 radical (unpaired) electrons. The van der Waals surface area contributed by atoms with Gasteiger partial charge in [-0.15, -0.1) is 0 Å². The molecule has 80 valence electrons. The maximum absolute atomic E-state index is 11.9. The van der Waals surface area contributed by atoms with Crippen LogP contribution in [0.4, 0.5) is 10.5 Å². The zero-order valence-electron chi connectivity index (χ0n) is 8.61. The average Bonchev–Trinajstić information content (AvgIpc) is 2.23. The van der Waals surface area contributed by atoms with Crippen molar-refractivity contribution < 1.29 is 4.79 Å². The van der Waals surface area contributed by atoms with Gasteiger partial charge in [-0.25, -0.2) is 4.79 Å². The van der Waals surface area contributed by atoms with Gasteiger partial charge in [0.05, 0.1) is 5.69 Å². The predicted molar refractivity (Wildman–Crippen MR) is 64.1 cm³/mol. The highest BCUT2D eigenvalue weighted by Gasteiger charge is 2.24. The topological polar surface area (TPSA) is 23.6 Å². The number of halogens is 1. The molecule has 15 heavy (non-hydrogen) atoms. The zero-order chi connectivity index (χ0) is 10.8. The van der Waals surface area contributed by atoms with Crippen molar-refractivity contribution in [2.45, 2.75) is 6.42 Å². The average molecular weight is 269 g/mol. The molecule has 1 fully saturated rings. The van der Waals surface area contributed by atoms with Gasteiger partial charge in [0.15, 0.2) is 0 Å². The molecule has 0 aliphatic carbocycles. The third kappa shape index (κ3) is 2.00. The zero-order valence-corrected chi connectivity index (χ0v) is 10.2. The van der Waals surface area contributed by atoms with Crippen LogP contribution in [0.1, 0.15) is 6.42 Å². The molecule has 1 aliphatic heterocycles.